The summed E-state index contributed by atoms with van der Waals surface area (Å²) in [4.78, 5) is 12.1. The molecule has 24 heavy (non-hydrogen) atoms. The molecule has 120 valence electrons. The van der Waals surface area contributed by atoms with Crippen LogP contribution in [-0.2, 0) is 0 Å². The fourth-order valence-corrected chi connectivity index (χ4v) is 2.19. The number of rotatable bonds is 4. The lowest BCUT2D eigenvalue weighted by Crippen LogP contribution is -2.13. The van der Waals surface area contributed by atoms with Crippen LogP contribution in [0.2, 0.25) is 5.02 Å². The minimum atomic E-state index is -0.349. The van der Waals surface area contributed by atoms with Gasteiger partial charge in [0.1, 0.15) is 5.82 Å². The Balaban J connectivity index is 1.67. The van der Waals surface area contributed by atoms with Crippen molar-refractivity contribution < 1.29 is 9.18 Å². The van der Waals surface area contributed by atoms with Crippen LogP contribution in [0.15, 0.2) is 60.7 Å². The third kappa shape index (κ3) is 4.05. The first kappa shape index (κ1) is 15.9. The first-order chi connectivity index (χ1) is 11.6. The van der Waals surface area contributed by atoms with Crippen LogP contribution in [-0.4, -0.2) is 16.1 Å². The molecule has 2 N–H and O–H groups in total. The zero-order chi connectivity index (χ0) is 16.9. The summed E-state index contributed by atoms with van der Waals surface area (Å²) in [6.07, 6.45) is 0. The van der Waals surface area contributed by atoms with Crippen LogP contribution in [0.4, 0.5) is 21.7 Å². The van der Waals surface area contributed by atoms with Crippen molar-refractivity contribution >= 4 is 34.8 Å². The van der Waals surface area contributed by atoms with Crippen LogP contribution >= 0.6 is 11.6 Å². The van der Waals surface area contributed by atoms with E-state index >= 15 is 0 Å². The summed E-state index contributed by atoms with van der Waals surface area (Å²) in [5.74, 6) is 0.0436. The first-order valence-corrected chi connectivity index (χ1v) is 7.41. The second-order valence-corrected chi connectivity index (χ2v) is 5.34. The number of nitrogens with one attached hydrogen (secondary N) is 2. The van der Waals surface area contributed by atoms with E-state index in [9.17, 15) is 9.18 Å². The lowest BCUT2D eigenvalue weighted by atomic mass is 10.2. The van der Waals surface area contributed by atoms with Crippen LogP contribution in [0.25, 0.3) is 0 Å². The van der Waals surface area contributed by atoms with Gasteiger partial charge >= 0.3 is 0 Å². The summed E-state index contributed by atoms with van der Waals surface area (Å²) < 4.78 is 13.1. The average molecular weight is 343 g/mol. The minimum Gasteiger partial charge on any atom is -0.339 e. The van der Waals surface area contributed by atoms with Crippen molar-refractivity contribution in [1.82, 2.24) is 10.2 Å². The molecule has 0 atom stereocenters. The number of hydrogen-bond donors (Lipinski definition) is 2. The maximum Gasteiger partial charge on any atom is 0.256 e. The number of carbonyl (C=O) groups excluding carboxylic acids is 1. The molecule has 3 rings (SSSR count). The zero-order valence-electron chi connectivity index (χ0n) is 12.3. The van der Waals surface area contributed by atoms with E-state index in [-0.39, 0.29) is 11.7 Å². The molecule has 1 aromatic heterocycles. The summed E-state index contributed by atoms with van der Waals surface area (Å²) in [6, 6.07) is 15.8. The number of hydrogen-bond acceptors (Lipinski definition) is 4. The fraction of sp³-hybridized carbons (Fsp3) is 0. The topological polar surface area (TPSA) is 66.9 Å². The molecule has 0 unspecified atom stereocenters. The monoisotopic (exact) mass is 342 g/mol. The smallest absolute Gasteiger partial charge is 0.256 e. The van der Waals surface area contributed by atoms with Gasteiger partial charge in [-0.15, -0.1) is 10.2 Å². The standard InChI is InChI=1S/C17H12ClFN4O/c18-12-4-1-3-11(9-12)17(24)21-16-8-7-15(22-23-16)20-14-6-2-5-13(19)10-14/h1-10H,(H,20,22)(H,21,23,24). The molecule has 0 bridgehead atoms. The van der Waals surface area contributed by atoms with Crippen molar-refractivity contribution in [2.45, 2.75) is 0 Å². The highest BCUT2D eigenvalue weighted by atomic mass is 35.5. The van der Waals surface area contributed by atoms with Crippen LogP contribution in [0.3, 0.4) is 0 Å². The van der Waals surface area contributed by atoms with Crippen LogP contribution in [0, 0.1) is 5.82 Å². The molecule has 0 aliphatic carbocycles. The molecule has 0 saturated carbocycles. The number of halogens is 2. The number of benzene rings is 2. The van der Waals surface area contributed by atoms with Crippen molar-refractivity contribution in [3.63, 3.8) is 0 Å². The van der Waals surface area contributed by atoms with Crippen molar-refractivity contribution in [1.29, 1.82) is 0 Å². The Morgan fingerprint density at radius 1 is 0.958 bits per heavy atom. The highest BCUT2D eigenvalue weighted by Gasteiger charge is 2.08. The summed E-state index contributed by atoms with van der Waals surface area (Å²) in [5, 5.41) is 13.9. The van der Waals surface area contributed by atoms with Gasteiger partial charge in [-0.05, 0) is 48.5 Å². The maximum atomic E-state index is 13.1. The molecule has 0 spiro atoms. The predicted octanol–water partition coefficient (Wildman–Crippen LogP) is 4.27. The molecule has 1 heterocycles. The van der Waals surface area contributed by atoms with Crippen molar-refractivity contribution in [2.75, 3.05) is 10.6 Å². The molecule has 3 aromatic rings. The van der Waals surface area contributed by atoms with Crippen LogP contribution in [0.5, 0.6) is 0 Å². The largest absolute Gasteiger partial charge is 0.339 e. The van der Waals surface area contributed by atoms with Gasteiger partial charge in [0.15, 0.2) is 11.6 Å². The summed E-state index contributed by atoms with van der Waals surface area (Å²) >= 11 is 5.86. The van der Waals surface area contributed by atoms with Gasteiger partial charge in [-0.2, -0.15) is 0 Å². The van der Waals surface area contributed by atoms with E-state index in [0.29, 0.717) is 27.9 Å². The summed E-state index contributed by atoms with van der Waals surface area (Å²) in [6.45, 7) is 0. The lowest BCUT2D eigenvalue weighted by molar-refractivity contribution is 0.102. The highest BCUT2D eigenvalue weighted by Crippen LogP contribution is 2.16. The zero-order valence-corrected chi connectivity index (χ0v) is 13.1. The Morgan fingerprint density at radius 3 is 2.42 bits per heavy atom. The van der Waals surface area contributed by atoms with Gasteiger partial charge in [0.05, 0.1) is 0 Å². The molecule has 0 fully saturated rings. The second-order valence-electron chi connectivity index (χ2n) is 4.90. The van der Waals surface area contributed by atoms with Crippen molar-refractivity contribution in [3.8, 4) is 0 Å². The van der Waals surface area contributed by atoms with E-state index in [2.05, 4.69) is 20.8 Å². The van der Waals surface area contributed by atoms with Gasteiger partial charge in [0, 0.05) is 16.3 Å². The molecule has 7 heteroatoms. The van der Waals surface area contributed by atoms with Gasteiger partial charge in [-0.1, -0.05) is 23.7 Å². The minimum absolute atomic E-state index is 0.296. The van der Waals surface area contributed by atoms with E-state index < -0.39 is 0 Å². The van der Waals surface area contributed by atoms with Gasteiger partial charge in [0.2, 0.25) is 0 Å². The van der Waals surface area contributed by atoms with Gasteiger partial charge in [-0.25, -0.2) is 4.39 Å². The van der Waals surface area contributed by atoms with Gasteiger partial charge in [0.25, 0.3) is 5.91 Å². The average Bonchev–Trinajstić information content (AvgIpc) is 2.57. The quantitative estimate of drug-likeness (QED) is 0.743. The first-order valence-electron chi connectivity index (χ1n) is 7.03. The van der Waals surface area contributed by atoms with E-state index in [1.807, 2.05) is 0 Å². The number of nitrogens with zero attached hydrogens (tertiary/aromatic N) is 2. The molecule has 0 saturated heterocycles. The van der Waals surface area contributed by atoms with Crippen LogP contribution < -0.4 is 10.6 Å². The lowest BCUT2D eigenvalue weighted by Gasteiger charge is -2.07. The molecule has 1 amide bonds. The Morgan fingerprint density at radius 2 is 1.71 bits per heavy atom. The Hall–Kier alpha value is -2.99. The normalized spacial score (nSPS) is 10.2. The fourth-order valence-electron chi connectivity index (χ4n) is 2.00. The number of anilines is 3. The van der Waals surface area contributed by atoms with Crippen LogP contribution in [0.1, 0.15) is 10.4 Å². The van der Waals surface area contributed by atoms with E-state index in [1.165, 1.54) is 12.1 Å². The Bertz CT molecular complexity index is 870. The predicted molar refractivity (Wildman–Crippen MR) is 91.1 cm³/mol. The highest BCUT2D eigenvalue weighted by molar-refractivity contribution is 6.31. The van der Waals surface area contributed by atoms with Gasteiger partial charge in [-0.3, -0.25) is 4.79 Å². The molecule has 2 aromatic carbocycles. The number of carbonyl (C=O) groups is 1. The molecular formula is C17H12ClFN4O. The molecule has 0 radical (unpaired) electrons. The third-order valence-electron chi connectivity index (χ3n) is 3.09. The maximum absolute atomic E-state index is 13.1. The SMILES string of the molecule is O=C(Nc1ccc(Nc2cccc(F)c2)nn1)c1cccc(Cl)c1. The number of amides is 1. The Labute approximate surface area is 142 Å². The van der Waals surface area contributed by atoms with E-state index in [4.69, 9.17) is 11.6 Å². The summed E-state index contributed by atoms with van der Waals surface area (Å²) in [5.41, 5.74) is 0.978. The number of aromatic nitrogens is 2. The molecule has 0 aliphatic heterocycles. The molecular weight excluding hydrogens is 331 g/mol. The van der Waals surface area contributed by atoms with Crippen molar-refractivity contribution in [3.05, 3.63) is 77.1 Å². The molecule has 5 nitrogen and oxygen atoms in total. The van der Waals surface area contributed by atoms with Gasteiger partial charge < -0.3 is 10.6 Å². The van der Waals surface area contributed by atoms with E-state index in [1.54, 1.807) is 48.5 Å². The van der Waals surface area contributed by atoms with Crippen molar-refractivity contribution in [2.24, 2.45) is 0 Å². The summed E-state index contributed by atoms with van der Waals surface area (Å²) in [7, 11) is 0. The molecule has 0 aliphatic rings. The third-order valence-corrected chi connectivity index (χ3v) is 3.33. The Kier molecular flexibility index (Phi) is 4.67. The van der Waals surface area contributed by atoms with E-state index in [0.717, 1.165) is 0 Å². The second kappa shape index (κ2) is 7.06.